The van der Waals surface area contributed by atoms with E-state index in [1.165, 1.54) is 7.11 Å². The summed E-state index contributed by atoms with van der Waals surface area (Å²) in [6.45, 7) is 1.84. The van der Waals surface area contributed by atoms with E-state index in [1.807, 2.05) is 29.7 Å². The molecular formula is C14H17N3O2. The Morgan fingerprint density at radius 3 is 2.89 bits per heavy atom. The van der Waals surface area contributed by atoms with Crippen LogP contribution in [0.1, 0.15) is 37.5 Å². The summed E-state index contributed by atoms with van der Waals surface area (Å²) < 4.78 is 6.82. The van der Waals surface area contributed by atoms with Gasteiger partial charge in [-0.2, -0.15) is 0 Å². The Bertz CT molecular complexity index is 643. The number of aromatic nitrogens is 2. The molecule has 5 nitrogen and oxygen atoms in total. The molecule has 0 bridgehead atoms. The normalized spacial score (nSPS) is 16.5. The van der Waals surface area contributed by atoms with E-state index < -0.39 is 0 Å². The molecule has 1 aromatic carbocycles. The number of esters is 1. The third-order valence-corrected chi connectivity index (χ3v) is 3.65. The summed E-state index contributed by atoms with van der Waals surface area (Å²) >= 11 is 0. The lowest BCUT2D eigenvalue weighted by Crippen LogP contribution is -2.19. The van der Waals surface area contributed by atoms with Gasteiger partial charge in [-0.1, -0.05) is 6.07 Å². The van der Waals surface area contributed by atoms with Crippen LogP contribution in [0, 0.1) is 0 Å². The van der Waals surface area contributed by atoms with Crippen LogP contribution in [0.3, 0.4) is 0 Å². The van der Waals surface area contributed by atoms with Crippen LogP contribution in [-0.4, -0.2) is 22.6 Å². The maximum atomic E-state index is 11.8. The summed E-state index contributed by atoms with van der Waals surface area (Å²) in [5.74, 6) is 1.13. The SMILES string of the molecule is COC(=O)C(C)n1c(C2CC2)nc2c(N)cccc21. The lowest BCUT2D eigenvalue weighted by Gasteiger charge is -2.15. The number of para-hydroxylation sites is 1. The van der Waals surface area contributed by atoms with E-state index in [2.05, 4.69) is 4.98 Å². The number of methoxy groups -OCH3 is 1. The second-order valence-corrected chi connectivity index (χ2v) is 5.03. The monoisotopic (exact) mass is 259 g/mol. The highest BCUT2D eigenvalue weighted by atomic mass is 16.5. The average Bonchev–Trinajstić information content (AvgIpc) is 3.18. The first kappa shape index (κ1) is 12.0. The molecule has 1 aromatic heterocycles. The molecule has 0 amide bonds. The minimum absolute atomic E-state index is 0.261. The van der Waals surface area contributed by atoms with Crippen LogP contribution in [-0.2, 0) is 9.53 Å². The van der Waals surface area contributed by atoms with Crippen LogP contribution < -0.4 is 5.73 Å². The van der Waals surface area contributed by atoms with Crippen LogP contribution in [0.5, 0.6) is 0 Å². The zero-order chi connectivity index (χ0) is 13.6. The highest BCUT2D eigenvalue weighted by Crippen LogP contribution is 2.42. The number of nitrogens with zero attached hydrogens (tertiary/aromatic N) is 2. The number of hydrogen-bond donors (Lipinski definition) is 1. The first-order chi connectivity index (χ1) is 9.13. The Hall–Kier alpha value is -2.04. The summed E-state index contributed by atoms with van der Waals surface area (Å²) in [7, 11) is 1.41. The van der Waals surface area contributed by atoms with Gasteiger partial charge in [0, 0.05) is 5.92 Å². The highest BCUT2D eigenvalue weighted by Gasteiger charge is 2.33. The number of fused-ring (bicyclic) bond motifs is 1. The molecule has 19 heavy (non-hydrogen) atoms. The van der Waals surface area contributed by atoms with Crippen LogP contribution in [0.2, 0.25) is 0 Å². The first-order valence-electron chi connectivity index (χ1n) is 6.47. The number of imidazole rings is 1. The van der Waals surface area contributed by atoms with E-state index in [0.29, 0.717) is 11.6 Å². The fourth-order valence-electron chi connectivity index (χ4n) is 2.47. The molecule has 1 fully saturated rings. The minimum atomic E-state index is -0.382. The number of carbonyl (C=O) groups is 1. The summed E-state index contributed by atoms with van der Waals surface area (Å²) in [4.78, 5) is 16.5. The summed E-state index contributed by atoms with van der Waals surface area (Å²) in [5.41, 5.74) is 8.30. The van der Waals surface area contributed by atoms with Crippen molar-refractivity contribution in [1.82, 2.24) is 9.55 Å². The number of anilines is 1. The lowest BCUT2D eigenvalue weighted by molar-refractivity contribution is -0.143. The first-order valence-corrected chi connectivity index (χ1v) is 6.47. The molecule has 2 aromatic rings. The van der Waals surface area contributed by atoms with E-state index in [4.69, 9.17) is 10.5 Å². The molecule has 0 spiro atoms. The van der Waals surface area contributed by atoms with Crippen molar-refractivity contribution in [2.45, 2.75) is 31.7 Å². The number of nitrogen functional groups attached to an aromatic ring is 1. The predicted molar refractivity (Wildman–Crippen MR) is 72.8 cm³/mol. The lowest BCUT2D eigenvalue weighted by atomic mass is 10.2. The van der Waals surface area contributed by atoms with E-state index in [-0.39, 0.29) is 12.0 Å². The van der Waals surface area contributed by atoms with E-state index in [9.17, 15) is 4.79 Å². The summed E-state index contributed by atoms with van der Waals surface area (Å²) in [6.07, 6.45) is 2.24. The van der Waals surface area contributed by atoms with Gasteiger partial charge in [0.2, 0.25) is 0 Å². The van der Waals surface area contributed by atoms with Crippen LogP contribution in [0.15, 0.2) is 18.2 Å². The van der Waals surface area contributed by atoms with Crippen molar-refractivity contribution in [2.75, 3.05) is 12.8 Å². The number of nitrogens with two attached hydrogens (primary N) is 1. The maximum absolute atomic E-state index is 11.8. The quantitative estimate of drug-likeness (QED) is 0.678. The second kappa shape index (κ2) is 4.26. The van der Waals surface area contributed by atoms with Gasteiger partial charge in [-0.25, -0.2) is 9.78 Å². The number of hydrogen-bond acceptors (Lipinski definition) is 4. The molecule has 3 rings (SSSR count). The van der Waals surface area contributed by atoms with E-state index in [1.54, 1.807) is 0 Å². The number of ether oxygens (including phenoxy) is 1. The average molecular weight is 259 g/mol. The smallest absolute Gasteiger partial charge is 0.328 e. The van der Waals surface area contributed by atoms with E-state index in [0.717, 1.165) is 29.7 Å². The molecule has 2 N–H and O–H groups in total. The van der Waals surface area contributed by atoms with Crippen molar-refractivity contribution >= 4 is 22.7 Å². The standard InChI is InChI=1S/C14H17N3O2/c1-8(14(18)19-2)17-11-5-3-4-10(15)12(11)16-13(17)9-6-7-9/h3-5,8-9H,6-7,15H2,1-2H3. The van der Waals surface area contributed by atoms with Crippen molar-refractivity contribution in [3.05, 3.63) is 24.0 Å². The third-order valence-electron chi connectivity index (χ3n) is 3.65. The molecule has 5 heteroatoms. The molecule has 1 atom stereocenters. The Morgan fingerprint density at radius 2 is 2.26 bits per heavy atom. The topological polar surface area (TPSA) is 70.1 Å². The fourth-order valence-corrected chi connectivity index (χ4v) is 2.47. The largest absolute Gasteiger partial charge is 0.467 e. The zero-order valence-electron chi connectivity index (χ0n) is 11.1. The van der Waals surface area contributed by atoms with Crippen molar-refractivity contribution in [1.29, 1.82) is 0 Å². The molecule has 1 aliphatic carbocycles. The molecule has 1 unspecified atom stereocenters. The Labute approximate surface area is 111 Å². The zero-order valence-corrected chi connectivity index (χ0v) is 11.1. The van der Waals surface area contributed by atoms with Gasteiger partial charge in [0.1, 0.15) is 17.4 Å². The number of rotatable bonds is 3. The van der Waals surface area contributed by atoms with Gasteiger partial charge in [0.15, 0.2) is 0 Å². The Balaban J connectivity index is 2.22. The van der Waals surface area contributed by atoms with Crippen molar-refractivity contribution in [2.24, 2.45) is 0 Å². The van der Waals surface area contributed by atoms with Crippen LogP contribution in [0.25, 0.3) is 11.0 Å². The molecule has 1 aliphatic rings. The molecule has 100 valence electrons. The molecular weight excluding hydrogens is 242 g/mol. The third kappa shape index (κ3) is 1.85. The van der Waals surface area contributed by atoms with Crippen molar-refractivity contribution in [3.63, 3.8) is 0 Å². The Morgan fingerprint density at radius 1 is 1.53 bits per heavy atom. The van der Waals surface area contributed by atoms with Gasteiger partial charge in [0.25, 0.3) is 0 Å². The number of benzene rings is 1. The van der Waals surface area contributed by atoms with Gasteiger partial charge < -0.3 is 15.0 Å². The minimum Gasteiger partial charge on any atom is -0.467 e. The molecule has 0 aliphatic heterocycles. The summed E-state index contributed by atoms with van der Waals surface area (Å²) in [6, 6.07) is 5.28. The van der Waals surface area contributed by atoms with Gasteiger partial charge in [-0.3, -0.25) is 0 Å². The Kier molecular flexibility index (Phi) is 2.69. The van der Waals surface area contributed by atoms with Gasteiger partial charge in [-0.15, -0.1) is 0 Å². The maximum Gasteiger partial charge on any atom is 0.328 e. The summed E-state index contributed by atoms with van der Waals surface area (Å²) in [5, 5.41) is 0. The molecule has 0 radical (unpaired) electrons. The highest BCUT2D eigenvalue weighted by molar-refractivity contribution is 5.89. The predicted octanol–water partition coefficient (Wildman–Crippen LogP) is 2.23. The molecule has 0 saturated heterocycles. The van der Waals surface area contributed by atoms with Crippen LogP contribution >= 0.6 is 0 Å². The van der Waals surface area contributed by atoms with Crippen molar-refractivity contribution in [3.8, 4) is 0 Å². The van der Waals surface area contributed by atoms with Gasteiger partial charge in [-0.05, 0) is 31.9 Å². The van der Waals surface area contributed by atoms with Gasteiger partial charge in [0.05, 0.1) is 18.3 Å². The second-order valence-electron chi connectivity index (χ2n) is 5.03. The molecule has 1 saturated carbocycles. The van der Waals surface area contributed by atoms with Crippen molar-refractivity contribution < 1.29 is 9.53 Å². The van der Waals surface area contributed by atoms with E-state index >= 15 is 0 Å². The van der Waals surface area contributed by atoms with Gasteiger partial charge >= 0.3 is 5.97 Å². The number of carbonyl (C=O) groups excluding carboxylic acids is 1. The van der Waals surface area contributed by atoms with Crippen LogP contribution in [0.4, 0.5) is 5.69 Å². The molecule has 1 heterocycles. The fraction of sp³-hybridized carbons (Fsp3) is 0.429.